The zero-order valence-corrected chi connectivity index (χ0v) is 28.3. The first-order valence-electron chi connectivity index (χ1n) is 17.4. The fraction of sp³-hybridized carbons (Fsp3) is 0.350. The molecule has 8 nitrogen and oxygen atoms in total. The van der Waals surface area contributed by atoms with Crippen LogP contribution in [0.4, 0.5) is 10.9 Å². The predicted molar refractivity (Wildman–Crippen MR) is 192 cm³/mol. The highest BCUT2D eigenvalue weighted by atomic mass is 32.1. The number of rotatable bonds is 7. The average Bonchev–Trinajstić information content (AvgIpc) is 3.50. The number of thiazole rings is 1. The van der Waals surface area contributed by atoms with Gasteiger partial charge in [0.25, 0.3) is 5.91 Å². The molecular formula is C40H38N4O4S. The quantitative estimate of drug-likeness (QED) is 0.179. The maximum absolute atomic E-state index is 13.5. The third kappa shape index (κ3) is 5.44. The van der Waals surface area contributed by atoms with E-state index in [9.17, 15) is 14.7 Å². The Balaban J connectivity index is 0.984. The molecule has 10 rings (SSSR count). The first kappa shape index (κ1) is 30.3. The highest BCUT2D eigenvalue weighted by molar-refractivity contribution is 7.22. The summed E-state index contributed by atoms with van der Waals surface area (Å²) in [6.45, 7) is 3.14. The summed E-state index contributed by atoms with van der Waals surface area (Å²) in [6.07, 6.45) is 8.15. The number of nitrogens with one attached hydrogen (secondary N) is 1. The summed E-state index contributed by atoms with van der Waals surface area (Å²) in [7, 11) is 0. The Morgan fingerprint density at radius 1 is 0.898 bits per heavy atom. The summed E-state index contributed by atoms with van der Waals surface area (Å²) in [6, 6.07) is 23.4. The van der Waals surface area contributed by atoms with E-state index in [-0.39, 0.29) is 17.2 Å². The van der Waals surface area contributed by atoms with E-state index in [4.69, 9.17) is 9.72 Å². The minimum Gasteiger partial charge on any atom is -0.487 e. The van der Waals surface area contributed by atoms with Crippen molar-refractivity contribution >= 4 is 44.4 Å². The number of carbonyl (C=O) groups is 2. The molecule has 4 saturated carbocycles. The van der Waals surface area contributed by atoms with Gasteiger partial charge in [-0.05, 0) is 128 Å². The number of carboxylic acids is 1. The molecule has 4 fully saturated rings. The summed E-state index contributed by atoms with van der Waals surface area (Å²) in [5.74, 6) is 2.47. The number of para-hydroxylation sites is 1. The van der Waals surface area contributed by atoms with Crippen molar-refractivity contribution in [2.75, 3.05) is 16.8 Å². The number of aromatic nitrogens is 2. The number of hydrogen-bond acceptors (Lipinski definition) is 7. The lowest BCUT2D eigenvalue weighted by atomic mass is 9.54. The van der Waals surface area contributed by atoms with E-state index in [1.807, 2.05) is 73.7 Å². The molecule has 0 spiro atoms. The topological polar surface area (TPSA) is 105 Å². The molecule has 1 aliphatic heterocycles. The fourth-order valence-electron chi connectivity index (χ4n) is 9.49. The smallest absolute Gasteiger partial charge is 0.355 e. The molecule has 9 heteroatoms. The summed E-state index contributed by atoms with van der Waals surface area (Å²) in [5, 5.41) is 14.0. The van der Waals surface area contributed by atoms with Gasteiger partial charge in [-0.3, -0.25) is 10.1 Å². The lowest BCUT2D eigenvalue weighted by Crippen LogP contribution is -2.53. The maximum Gasteiger partial charge on any atom is 0.355 e. The maximum atomic E-state index is 13.5. The molecular weight excluding hydrogens is 633 g/mol. The van der Waals surface area contributed by atoms with Crippen molar-refractivity contribution in [1.82, 2.24) is 9.97 Å². The number of carboxylic acid groups (broad SMARTS) is 1. The Morgan fingerprint density at radius 3 is 2.41 bits per heavy atom. The molecule has 0 saturated heterocycles. The zero-order chi connectivity index (χ0) is 33.3. The molecule has 0 unspecified atom stereocenters. The van der Waals surface area contributed by atoms with E-state index in [0.717, 1.165) is 75.2 Å². The van der Waals surface area contributed by atoms with Crippen molar-refractivity contribution in [3.05, 3.63) is 101 Å². The first-order valence-corrected chi connectivity index (χ1v) is 18.2. The molecule has 4 bridgehead atoms. The van der Waals surface area contributed by atoms with Crippen molar-refractivity contribution < 1.29 is 19.4 Å². The van der Waals surface area contributed by atoms with Crippen LogP contribution in [0.2, 0.25) is 0 Å². The van der Waals surface area contributed by atoms with E-state index in [1.54, 1.807) is 0 Å². The Hall–Kier alpha value is -4.76. The van der Waals surface area contributed by atoms with Crippen molar-refractivity contribution in [3.8, 4) is 16.9 Å². The van der Waals surface area contributed by atoms with Gasteiger partial charge in [0.1, 0.15) is 17.2 Å². The fourth-order valence-corrected chi connectivity index (χ4v) is 10.4. The van der Waals surface area contributed by atoms with E-state index < -0.39 is 5.97 Å². The molecule has 2 aromatic heterocycles. The summed E-state index contributed by atoms with van der Waals surface area (Å²) >= 11 is 1.45. The molecule has 2 N–H and O–H groups in total. The number of nitrogens with zero attached hydrogens (tertiary/aromatic N) is 3. The third-order valence-electron chi connectivity index (χ3n) is 11.3. The van der Waals surface area contributed by atoms with Crippen LogP contribution in [0.1, 0.15) is 76.1 Å². The van der Waals surface area contributed by atoms with Gasteiger partial charge in [-0.25, -0.2) is 14.8 Å². The minimum absolute atomic E-state index is 0.0141. The van der Waals surface area contributed by atoms with Crippen molar-refractivity contribution in [2.24, 2.45) is 17.8 Å². The van der Waals surface area contributed by atoms with Crippen LogP contribution in [0, 0.1) is 24.7 Å². The van der Waals surface area contributed by atoms with Crippen molar-refractivity contribution in [1.29, 1.82) is 0 Å². The van der Waals surface area contributed by atoms with E-state index >= 15 is 0 Å². The van der Waals surface area contributed by atoms with Gasteiger partial charge in [0.2, 0.25) is 0 Å². The number of anilines is 2. The second kappa shape index (κ2) is 11.7. The molecule has 248 valence electrons. The van der Waals surface area contributed by atoms with Crippen molar-refractivity contribution in [3.63, 3.8) is 0 Å². The van der Waals surface area contributed by atoms with Gasteiger partial charge < -0.3 is 14.7 Å². The van der Waals surface area contributed by atoms with Gasteiger partial charge in [-0.1, -0.05) is 47.7 Å². The average molecular weight is 671 g/mol. The predicted octanol–water partition coefficient (Wildman–Crippen LogP) is 8.53. The van der Waals surface area contributed by atoms with E-state index in [2.05, 4.69) is 21.3 Å². The van der Waals surface area contributed by atoms with Crippen LogP contribution in [-0.2, 0) is 13.0 Å². The Labute approximate surface area is 289 Å². The molecule has 1 amide bonds. The number of fused-ring (bicyclic) bond motifs is 2. The number of aromatic carboxylic acids is 1. The molecule has 5 aromatic rings. The number of carbonyl (C=O) groups excluding carboxylic acids is 1. The molecule has 0 radical (unpaired) electrons. The minimum atomic E-state index is -1.07. The lowest BCUT2D eigenvalue weighted by Gasteiger charge is -2.56. The van der Waals surface area contributed by atoms with E-state index in [1.165, 1.54) is 30.6 Å². The van der Waals surface area contributed by atoms with Gasteiger partial charge in [0.15, 0.2) is 10.8 Å². The summed E-state index contributed by atoms with van der Waals surface area (Å²) in [5.41, 5.74) is 5.74. The van der Waals surface area contributed by atoms with Gasteiger partial charge in [-0.2, -0.15) is 0 Å². The van der Waals surface area contributed by atoms with Crippen LogP contribution >= 0.6 is 11.3 Å². The SMILES string of the molecule is Cc1c(OC23CC4CC(CC(C4)C2)C3)cccc1-c1ccc(N2CCc3cccc(C(=O)Nc4nc5ccccc5s4)c3C2)nc1C(=O)O. The van der Waals surface area contributed by atoms with Crippen LogP contribution in [0.3, 0.4) is 0 Å². The summed E-state index contributed by atoms with van der Waals surface area (Å²) in [4.78, 5) is 37.7. The van der Waals surface area contributed by atoms with Crippen molar-refractivity contribution in [2.45, 2.75) is 64.0 Å². The molecule has 49 heavy (non-hydrogen) atoms. The van der Waals surface area contributed by atoms with Gasteiger partial charge >= 0.3 is 5.97 Å². The third-order valence-corrected chi connectivity index (χ3v) is 12.3. The number of benzene rings is 3. The first-order chi connectivity index (χ1) is 23.8. The number of hydrogen-bond donors (Lipinski definition) is 2. The lowest BCUT2D eigenvalue weighted by molar-refractivity contribution is -0.107. The van der Waals surface area contributed by atoms with Crippen LogP contribution in [0.15, 0.2) is 72.8 Å². The molecule has 4 aliphatic carbocycles. The van der Waals surface area contributed by atoms with Gasteiger partial charge in [-0.15, -0.1) is 0 Å². The number of amides is 1. The highest BCUT2D eigenvalue weighted by Gasteiger charge is 2.52. The highest BCUT2D eigenvalue weighted by Crippen LogP contribution is 2.57. The molecule has 3 aromatic carbocycles. The Kier molecular flexibility index (Phi) is 7.23. The van der Waals surface area contributed by atoms with Crippen LogP contribution in [-0.4, -0.2) is 39.1 Å². The van der Waals surface area contributed by atoms with Crippen LogP contribution < -0.4 is 15.0 Å². The normalized spacial score (nSPS) is 23.8. The molecule has 5 aliphatic rings. The second-order valence-corrected chi connectivity index (χ2v) is 15.6. The van der Waals surface area contributed by atoms with Gasteiger partial charge in [0, 0.05) is 24.2 Å². The largest absolute Gasteiger partial charge is 0.487 e. The molecule has 0 atom stereocenters. The van der Waals surface area contributed by atoms with Gasteiger partial charge in [0.05, 0.1) is 10.2 Å². The number of pyridine rings is 1. The summed E-state index contributed by atoms with van der Waals surface area (Å²) < 4.78 is 7.95. The second-order valence-electron chi connectivity index (χ2n) is 14.6. The standard InChI is InChI=1S/C40H38N4O4S/c1-23-28(7-5-10-33(23)48-40-19-24-16-25(20-40)18-26(17-24)21-40)29-12-13-35(42-36(29)38(46)47)44-15-14-27-6-4-8-30(31(27)22-44)37(45)43-39-41-32-9-2-3-11-34(32)49-39/h2-13,24-26H,14-22H2,1H3,(H,46,47)(H,41,43,45). The monoisotopic (exact) mass is 670 g/mol. The zero-order valence-electron chi connectivity index (χ0n) is 27.4. The van der Waals surface area contributed by atoms with Crippen LogP contribution in [0.25, 0.3) is 21.3 Å². The Morgan fingerprint density at radius 2 is 1.65 bits per heavy atom. The van der Waals surface area contributed by atoms with Crippen LogP contribution in [0.5, 0.6) is 5.75 Å². The Bertz CT molecular complexity index is 2070. The molecule has 3 heterocycles. The number of ether oxygens (including phenoxy) is 1. The van der Waals surface area contributed by atoms with E-state index in [0.29, 0.717) is 41.6 Å².